The van der Waals surface area contributed by atoms with Crippen LogP contribution in [0.25, 0.3) is 0 Å². The van der Waals surface area contributed by atoms with E-state index in [0.29, 0.717) is 5.56 Å². The maximum Gasteiger partial charge on any atom is 0.437 e. The highest BCUT2D eigenvalue weighted by Gasteiger charge is 2.65. The van der Waals surface area contributed by atoms with Gasteiger partial charge in [-0.1, -0.05) is 6.07 Å². The molecule has 3 unspecified atom stereocenters. The SMILES string of the molecule is O=C(c1cccs1)C1C(c2ccncc2)NC(=S)NC1(O)C(F)(F)F. The number of ketones is 1. The first kappa shape index (κ1) is 17.8. The van der Waals surface area contributed by atoms with Gasteiger partial charge in [-0.25, -0.2) is 0 Å². The Morgan fingerprint density at radius 3 is 2.56 bits per heavy atom. The number of aromatic nitrogens is 1. The number of halogens is 3. The average Bonchev–Trinajstić information content (AvgIpc) is 3.08. The summed E-state index contributed by atoms with van der Waals surface area (Å²) in [5.41, 5.74) is -3.14. The molecule has 2 aromatic heterocycles. The van der Waals surface area contributed by atoms with Crippen molar-refractivity contribution in [1.29, 1.82) is 0 Å². The molecule has 10 heteroatoms. The number of thiophene rings is 1. The van der Waals surface area contributed by atoms with Gasteiger partial charge in [0.15, 0.2) is 10.9 Å². The third-order valence-electron chi connectivity index (χ3n) is 3.92. The molecule has 0 aliphatic carbocycles. The molecule has 1 aliphatic rings. The zero-order chi connectivity index (χ0) is 18.2. The van der Waals surface area contributed by atoms with Crippen molar-refractivity contribution >= 4 is 34.5 Å². The zero-order valence-corrected chi connectivity index (χ0v) is 14.1. The zero-order valence-electron chi connectivity index (χ0n) is 12.4. The quantitative estimate of drug-likeness (QED) is 0.555. The number of nitrogens with one attached hydrogen (secondary N) is 2. The molecule has 1 saturated heterocycles. The standard InChI is InChI=1S/C15H12F3N3O2S2/c16-15(17,18)14(23)10(12(22)9-2-1-7-25-9)11(20-13(24)21-14)8-3-5-19-6-4-8/h1-7,10-11,23H,(H2,20,21,24). The number of aliphatic hydroxyl groups is 1. The lowest BCUT2D eigenvalue weighted by atomic mass is 9.79. The van der Waals surface area contributed by atoms with Gasteiger partial charge in [0.25, 0.3) is 0 Å². The van der Waals surface area contributed by atoms with E-state index in [1.807, 2.05) is 5.32 Å². The summed E-state index contributed by atoms with van der Waals surface area (Å²) in [5, 5.41) is 16.1. The Morgan fingerprint density at radius 2 is 2.00 bits per heavy atom. The third kappa shape index (κ3) is 3.12. The Bertz CT molecular complexity index is 783. The first-order valence-electron chi connectivity index (χ1n) is 7.09. The molecular formula is C15H12F3N3O2S2. The van der Waals surface area contributed by atoms with Crippen molar-refractivity contribution in [2.45, 2.75) is 17.9 Å². The molecule has 2 aromatic rings. The van der Waals surface area contributed by atoms with Crippen LogP contribution in [0.2, 0.25) is 0 Å². The summed E-state index contributed by atoms with van der Waals surface area (Å²) in [7, 11) is 0. The van der Waals surface area contributed by atoms with Crippen LogP contribution >= 0.6 is 23.6 Å². The van der Waals surface area contributed by atoms with E-state index in [4.69, 9.17) is 12.2 Å². The van der Waals surface area contributed by atoms with Gasteiger partial charge in [0.05, 0.1) is 10.9 Å². The van der Waals surface area contributed by atoms with Crippen LogP contribution in [0.15, 0.2) is 42.0 Å². The van der Waals surface area contributed by atoms with Crippen LogP contribution in [-0.4, -0.2) is 32.9 Å². The van der Waals surface area contributed by atoms with Gasteiger partial charge in [0.1, 0.15) is 5.92 Å². The molecule has 3 rings (SSSR count). The van der Waals surface area contributed by atoms with Crippen LogP contribution < -0.4 is 10.6 Å². The van der Waals surface area contributed by atoms with Gasteiger partial charge in [-0.15, -0.1) is 11.3 Å². The van der Waals surface area contributed by atoms with E-state index < -0.39 is 34.8 Å². The van der Waals surface area contributed by atoms with E-state index in [-0.39, 0.29) is 4.88 Å². The van der Waals surface area contributed by atoms with E-state index in [0.717, 1.165) is 11.3 Å². The molecule has 1 fully saturated rings. The normalized spacial score (nSPS) is 26.6. The summed E-state index contributed by atoms with van der Waals surface area (Å²) in [4.78, 5) is 16.8. The second kappa shape index (κ2) is 6.36. The number of alkyl halides is 3. The fourth-order valence-electron chi connectivity index (χ4n) is 2.76. The fraction of sp³-hybridized carbons (Fsp3) is 0.267. The lowest BCUT2D eigenvalue weighted by Crippen LogP contribution is -2.72. The molecule has 3 heterocycles. The maximum atomic E-state index is 13.7. The largest absolute Gasteiger partial charge is 0.437 e. The van der Waals surface area contributed by atoms with E-state index in [1.165, 1.54) is 30.6 Å². The molecule has 25 heavy (non-hydrogen) atoms. The molecule has 5 nitrogen and oxygen atoms in total. The lowest BCUT2D eigenvalue weighted by molar-refractivity contribution is -0.285. The van der Waals surface area contributed by atoms with Crippen LogP contribution in [0.3, 0.4) is 0 Å². The minimum Gasteiger partial charge on any atom is -0.363 e. The summed E-state index contributed by atoms with van der Waals surface area (Å²) in [6, 6.07) is 4.74. The van der Waals surface area contributed by atoms with E-state index in [9.17, 15) is 23.1 Å². The topological polar surface area (TPSA) is 74.2 Å². The molecule has 0 aromatic carbocycles. The first-order valence-corrected chi connectivity index (χ1v) is 8.38. The lowest BCUT2D eigenvalue weighted by Gasteiger charge is -2.46. The second-order valence-electron chi connectivity index (χ2n) is 5.44. The van der Waals surface area contributed by atoms with E-state index in [2.05, 4.69) is 10.3 Å². The van der Waals surface area contributed by atoms with Gasteiger partial charge in [-0.2, -0.15) is 13.2 Å². The summed E-state index contributed by atoms with van der Waals surface area (Å²) in [6.45, 7) is 0. The Labute approximate surface area is 149 Å². The monoisotopic (exact) mass is 387 g/mol. The van der Waals surface area contributed by atoms with Gasteiger partial charge < -0.3 is 15.7 Å². The van der Waals surface area contributed by atoms with Crippen molar-refractivity contribution in [1.82, 2.24) is 15.6 Å². The first-order chi connectivity index (χ1) is 11.7. The van der Waals surface area contributed by atoms with E-state index in [1.54, 1.807) is 11.4 Å². The Balaban J connectivity index is 2.15. The summed E-state index contributed by atoms with van der Waals surface area (Å²) in [5.74, 6) is -2.71. The van der Waals surface area contributed by atoms with Crippen LogP contribution in [0.4, 0.5) is 13.2 Å². The van der Waals surface area contributed by atoms with Gasteiger partial charge >= 0.3 is 6.18 Å². The number of carbonyl (C=O) groups is 1. The number of Topliss-reactive ketones (excluding diaryl/α,β-unsaturated/α-hetero) is 1. The molecule has 0 bridgehead atoms. The number of thiocarbonyl (C=S) groups is 1. The molecule has 0 spiro atoms. The number of carbonyl (C=O) groups excluding carboxylic acids is 1. The van der Waals surface area contributed by atoms with Crippen molar-refractivity contribution in [2.75, 3.05) is 0 Å². The third-order valence-corrected chi connectivity index (χ3v) is 5.02. The molecule has 3 N–H and O–H groups in total. The predicted molar refractivity (Wildman–Crippen MR) is 89.0 cm³/mol. The Morgan fingerprint density at radius 1 is 1.32 bits per heavy atom. The molecular weight excluding hydrogens is 375 g/mol. The molecule has 0 radical (unpaired) electrons. The van der Waals surface area contributed by atoms with Gasteiger partial charge in [-0.3, -0.25) is 9.78 Å². The smallest absolute Gasteiger partial charge is 0.363 e. The number of pyridine rings is 1. The minimum absolute atomic E-state index is 0.114. The van der Waals surface area contributed by atoms with Crippen molar-refractivity contribution in [3.63, 3.8) is 0 Å². The molecule has 0 saturated carbocycles. The number of hydrogen-bond donors (Lipinski definition) is 3. The van der Waals surface area contributed by atoms with Gasteiger partial charge in [-0.05, 0) is 41.4 Å². The summed E-state index contributed by atoms with van der Waals surface area (Å²) in [6.07, 6.45) is -2.34. The van der Waals surface area contributed by atoms with E-state index >= 15 is 0 Å². The maximum absolute atomic E-state index is 13.7. The second-order valence-corrected chi connectivity index (χ2v) is 6.80. The van der Waals surface area contributed by atoms with Crippen LogP contribution in [0, 0.1) is 5.92 Å². The van der Waals surface area contributed by atoms with Gasteiger partial charge in [0, 0.05) is 12.4 Å². The number of rotatable bonds is 3. The summed E-state index contributed by atoms with van der Waals surface area (Å²) < 4.78 is 41.0. The Hall–Kier alpha value is -2.04. The van der Waals surface area contributed by atoms with Crippen LogP contribution in [-0.2, 0) is 0 Å². The fourth-order valence-corrected chi connectivity index (χ4v) is 3.75. The summed E-state index contributed by atoms with van der Waals surface area (Å²) >= 11 is 5.84. The Kier molecular flexibility index (Phi) is 4.52. The van der Waals surface area contributed by atoms with Crippen LogP contribution in [0.5, 0.6) is 0 Å². The molecule has 1 aliphatic heterocycles. The number of nitrogens with zero attached hydrogens (tertiary/aromatic N) is 1. The minimum atomic E-state index is -5.12. The molecule has 132 valence electrons. The van der Waals surface area contributed by atoms with Crippen molar-refractivity contribution in [3.8, 4) is 0 Å². The van der Waals surface area contributed by atoms with Crippen molar-refractivity contribution in [2.24, 2.45) is 5.92 Å². The average molecular weight is 387 g/mol. The van der Waals surface area contributed by atoms with Gasteiger partial charge in [0.2, 0.25) is 5.72 Å². The number of hydrogen-bond acceptors (Lipinski definition) is 5. The van der Waals surface area contributed by atoms with Crippen LogP contribution in [0.1, 0.15) is 21.3 Å². The highest BCUT2D eigenvalue weighted by Crippen LogP contribution is 2.44. The highest BCUT2D eigenvalue weighted by atomic mass is 32.1. The van der Waals surface area contributed by atoms with Crippen molar-refractivity contribution in [3.05, 3.63) is 52.5 Å². The predicted octanol–water partition coefficient (Wildman–Crippen LogP) is 2.41. The van der Waals surface area contributed by atoms with Crippen molar-refractivity contribution < 1.29 is 23.1 Å². The highest BCUT2D eigenvalue weighted by molar-refractivity contribution is 7.80. The molecule has 0 amide bonds. The molecule has 3 atom stereocenters.